The van der Waals surface area contributed by atoms with Crippen LogP contribution in [0.25, 0.3) is 0 Å². The normalized spacial score (nSPS) is 16.7. The Kier molecular flexibility index (Phi) is 12.1. The van der Waals surface area contributed by atoms with Crippen molar-refractivity contribution in [2.24, 2.45) is 11.8 Å². The fraction of sp³-hybridized carbons (Fsp3) is 0.484. The molecule has 0 unspecified atom stereocenters. The van der Waals surface area contributed by atoms with Gasteiger partial charge >= 0.3 is 6.18 Å². The lowest BCUT2D eigenvalue weighted by Crippen LogP contribution is -2.59. The van der Waals surface area contributed by atoms with Crippen LogP contribution in [0.1, 0.15) is 37.8 Å². The summed E-state index contributed by atoms with van der Waals surface area (Å²) in [6.45, 7) is 4.24. The first-order chi connectivity index (χ1) is 20.2. The summed E-state index contributed by atoms with van der Waals surface area (Å²) in [5.41, 5.74) is 1.30. The number of ketones is 1. The van der Waals surface area contributed by atoms with Gasteiger partial charge in [0.1, 0.15) is 12.1 Å². The molecule has 1 heterocycles. The molecule has 3 N–H and O–H groups in total. The van der Waals surface area contributed by atoms with Gasteiger partial charge in [0.05, 0.1) is 6.04 Å². The third kappa shape index (κ3) is 10.4. The van der Waals surface area contributed by atoms with Crippen molar-refractivity contribution < 1.29 is 32.3 Å². The van der Waals surface area contributed by atoms with Gasteiger partial charge in [-0.05, 0) is 62.2 Å². The van der Waals surface area contributed by atoms with Gasteiger partial charge < -0.3 is 20.9 Å². The summed E-state index contributed by atoms with van der Waals surface area (Å²) in [6, 6.07) is 11.1. The molecular formula is C31H38ClF3N4O4. The maximum atomic E-state index is 13.7. The summed E-state index contributed by atoms with van der Waals surface area (Å²) in [4.78, 5) is 54.5. The number of hydrogen-bond donors (Lipinski definition) is 3. The number of nitrogens with one attached hydrogen (secondary N) is 3. The smallest absolute Gasteiger partial charge is 0.344 e. The van der Waals surface area contributed by atoms with Crippen molar-refractivity contribution in [2.45, 2.75) is 63.8 Å². The number of alkyl halides is 3. The van der Waals surface area contributed by atoms with E-state index in [1.54, 1.807) is 54.6 Å². The van der Waals surface area contributed by atoms with Crippen LogP contribution in [0.2, 0.25) is 5.02 Å². The summed E-state index contributed by atoms with van der Waals surface area (Å²) in [5.74, 6) is -5.18. The maximum absolute atomic E-state index is 13.7. The van der Waals surface area contributed by atoms with E-state index in [2.05, 4.69) is 20.9 Å². The number of benzene rings is 2. The van der Waals surface area contributed by atoms with E-state index in [9.17, 15) is 32.3 Å². The van der Waals surface area contributed by atoms with Crippen LogP contribution in [0.5, 0.6) is 0 Å². The highest BCUT2D eigenvalue weighted by molar-refractivity contribution is 6.30. The van der Waals surface area contributed by atoms with Gasteiger partial charge in [-0.2, -0.15) is 13.2 Å². The van der Waals surface area contributed by atoms with Crippen molar-refractivity contribution in [3.05, 3.63) is 70.7 Å². The van der Waals surface area contributed by atoms with Gasteiger partial charge in [-0.3, -0.25) is 19.2 Å². The van der Waals surface area contributed by atoms with Crippen LogP contribution in [-0.4, -0.2) is 72.8 Å². The number of Topliss-reactive ketones (excluding diaryl/α,β-unsaturated/α-hetero) is 1. The topological polar surface area (TPSA) is 108 Å². The van der Waals surface area contributed by atoms with Gasteiger partial charge in [-0.25, -0.2) is 0 Å². The predicted octanol–water partition coefficient (Wildman–Crippen LogP) is 3.71. The molecule has 1 fully saturated rings. The summed E-state index contributed by atoms with van der Waals surface area (Å²) < 4.78 is 39.8. The maximum Gasteiger partial charge on any atom is 0.452 e. The molecular weight excluding hydrogens is 585 g/mol. The van der Waals surface area contributed by atoms with Crippen molar-refractivity contribution in [1.82, 2.24) is 20.9 Å². The Morgan fingerprint density at radius 3 is 2.00 bits per heavy atom. The average Bonchev–Trinajstić information content (AvgIpc) is 2.95. The van der Waals surface area contributed by atoms with Gasteiger partial charge in [0.2, 0.25) is 17.7 Å². The highest BCUT2D eigenvalue weighted by atomic mass is 35.5. The molecule has 2 aromatic rings. The van der Waals surface area contributed by atoms with Gasteiger partial charge in [0.15, 0.2) is 0 Å². The lowest BCUT2D eigenvalue weighted by atomic mass is 9.95. The number of rotatable bonds is 12. The van der Waals surface area contributed by atoms with E-state index in [4.69, 9.17) is 11.6 Å². The van der Waals surface area contributed by atoms with E-state index in [0.29, 0.717) is 29.0 Å². The second-order valence-corrected chi connectivity index (χ2v) is 11.8. The van der Waals surface area contributed by atoms with Crippen LogP contribution >= 0.6 is 11.6 Å². The molecule has 234 valence electrons. The molecule has 0 spiro atoms. The quantitative estimate of drug-likeness (QED) is 0.335. The van der Waals surface area contributed by atoms with Crippen LogP contribution in [-0.2, 0) is 32.0 Å². The Labute approximate surface area is 254 Å². The summed E-state index contributed by atoms with van der Waals surface area (Å²) in [7, 11) is 1.97. The molecule has 12 heteroatoms. The average molecular weight is 623 g/mol. The van der Waals surface area contributed by atoms with E-state index in [0.717, 1.165) is 13.1 Å². The SMILES string of the molecule is CC(C)[C@H](NC(=O)[C@H](Cc1ccccc1)NC(=O)[C@H](Cc1cccc(Cl)c1)NC(=O)C1CCN(C)CC1)C(=O)C(F)(F)F. The number of hydrogen-bond acceptors (Lipinski definition) is 5. The zero-order valence-corrected chi connectivity index (χ0v) is 25.2. The third-order valence-corrected chi connectivity index (χ3v) is 7.73. The van der Waals surface area contributed by atoms with Crippen LogP contribution < -0.4 is 16.0 Å². The molecule has 3 amide bonds. The molecule has 1 aliphatic rings. The fourth-order valence-electron chi connectivity index (χ4n) is 4.97. The summed E-state index contributed by atoms with van der Waals surface area (Å²) in [6.07, 6.45) is -3.91. The van der Waals surface area contributed by atoms with Crippen LogP contribution in [0.3, 0.4) is 0 Å². The number of carbonyl (C=O) groups is 4. The Hall–Kier alpha value is -3.44. The summed E-state index contributed by atoms with van der Waals surface area (Å²) >= 11 is 6.14. The van der Waals surface area contributed by atoms with Crippen LogP contribution in [0.4, 0.5) is 13.2 Å². The van der Waals surface area contributed by atoms with E-state index in [-0.39, 0.29) is 24.7 Å². The first kappa shape index (κ1) is 34.1. The largest absolute Gasteiger partial charge is 0.452 e. The van der Waals surface area contributed by atoms with Crippen molar-refractivity contribution >= 4 is 35.1 Å². The van der Waals surface area contributed by atoms with Gasteiger partial charge in [-0.15, -0.1) is 0 Å². The number of halogens is 4. The Morgan fingerprint density at radius 2 is 1.42 bits per heavy atom. The Morgan fingerprint density at radius 1 is 0.860 bits per heavy atom. The number of carbonyl (C=O) groups excluding carboxylic acids is 4. The second-order valence-electron chi connectivity index (χ2n) is 11.3. The van der Waals surface area contributed by atoms with Crippen molar-refractivity contribution in [3.63, 3.8) is 0 Å². The second kappa shape index (κ2) is 15.3. The number of amides is 3. The molecule has 1 saturated heterocycles. The molecule has 1 aliphatic heterocycles. The standard InChI is InChI=1S/C31H38ClF3N4O4/c1-19(2)26(27(40)31(33,34)35)38-30(43)24(17-20-8-5-4-6-9-20)37-29(42)25(18-21-10-7-11-23(32)16-21)36-28(41)22-12-14-39(3)15-13-22/h4-11,16,19,22,24-26H,12-15,17-18H2,1-3H3,(H,36,41)(H,37,42)(H,38,43)/t24-,25-,26-/m0/s1. The van der Waals surface area contributed by atoms with E-state index < -0.39 is 47.8 Å². The number of likely N-dealkylation sites (tertiary alicyclic amines) is 1. The predicted molar refractivity (Wildman–Crippen MR) is 157 cm³/mol. The molecule has 0 saturated carbocycles. The minimum absolute atomic E-state index is 0.0593. The molecule has 8 nitrogen and oxygen atoms in total. The van der Waals surface area contributed by atoms with Crippen molar-refractivity contribution in [3.8, 4) is 0 Å². The Bertz CT molecular complexity index is 1270. The van der Waals surface area contributed by atoms with E-state index in [1.165, 1.54) is 13.8 Å². The lowest BCUT2D eigenvalue weighted by Gasteiger charge is -2.30. The molecule has 3 rings (SSSR count). The van der Waals surface area contributed by atoms with Gasteiger partial charge in [0, 0.05) is 23.8 Å². The first-order valence-corrected chi connectivity index (χ1v) is 14.6. The third-order valence-electron chi connectivity index (χ3n) is 7.49. The van der Waals surface area contributed by atoms with Crippen LogP contribution in [0, 0.1) is 11.8 Å². The molecule has 0 aliphatic carbocycles. The molecule has 43 heavy (non-hydrogen) atoms. The zero-order chi connectivity index (χ0) is 31.7. The molecule has 0 bridgehead atoms. The van der Waals surface area contributed by atoms with Crippen molar-refractivity contribution in [1.29, 1.82) is 0 Å². The van der Waals surface area contributed by atoms with Crippen molar-refractivity contribution in [2.75, 3.05) is 20.1 Å². The minimum atomic E-state index is -5.15. The molecule has 0 radical (unpaired) electrons. The fourth-order valence-corrected chi connectivity index (χ4v) is 5.18. The lowest BCUT2D eigenvalue weighted by molar-refractivity contribution is -0.175. The van der Waals surface area contributed by atoms with Gasteiger partial charge in [-0.1, -0.05) is 67.9 Å². The van der Waals surface area contributed by atoms with E-state index in [1.807, 2.05) is 7.05 Å². The molecule has 0 aromatic heterocycles. The zero-order valence-electron chi connectivity index (χ0n) is 24.4. The van der Waals surface area contributed by atoms with Gasteiger partial charge in [0.25, 0.3) is 5.78 Å². The number of piperidine rings is 1. The summed E-state index contributed by atoms with van der Waals surface area (Å²) in [5, 5.41) is 8.11. The van der Waals surface area contributed by atoms with E-state index >= 15 is 0 Å². The Balaban J connectivity index is 1.86. The highest BCUT2D eigenvalue weighted by Gasteiger charge is 2.45. The molecule has 2 aromatic carbocycles. The monoisotopic (exact) mass is 622 g/mol. The highest BCUT2D eigenvalue weighted by Crippen LogP contribution is 2.22. The first-order valence-electron chi connectivity index (χ1n) is 14.2. The number of nitrogens with zero attached hydrogens (tertiary/aromatic N) is 1. The van der Waals surface area contributed by atoms with Crippen LogP contribution in [0.15, 0.2) is 54.6 Å². The minimum Gasteiger partial charge on any atom is -0.344 e. The molecule has 3 atom stereocenters.